The number of benzene rings is 1. The van der Waals surface area contributed by atoms with Gasteiger partial charge in [0.2, 0.25) is 0 Å². The Hall–Kier alpha value is -1.72. The summed E-state index contributed by atoms with van der Waals surface area (Å²) in [6.07, 6.45) is 1.78. The highest BCUT2D eigenvalue weighted by Crippen LogP contribution is 2.19. The van der Waals surface area contributed by atoms with Crippen LogP contribution in [0.4, 0.5) is 5.82 Å². The zero-order chi connectivity index (χ0) is 11.5. The molecule has 1 saturated heterocycles. The molecule has 1 aromatic carbocycles. The second-order valence-electron chi connectivity index (χ2n) is 3.99. The number of morpholine rings is 1. The molecular weight excluding hydrogens is 216 g/mol. The Balaban J connectivity index is 1.89. The number of ether oxygens (including phenoxy) is 1. The molecular formula is C12H14N4O. The van der Waals surface area contributed by atoms with Crippen LogP contribution in [-0.2, 0) is 4.74 Å². The first-order chi connectivity index (χ1) is 8.43. The van der Waals surface area contributed by atoms with Gasteiger partial charge in [-0.05, 0) is 0 Å². The van der Waals surface area contributed by atoms with E-state index in [1.807, 2.05) is 24.3 Å². The predicted octanol–water partition coefficient (Wildman–Crippen LogP) is 1.29. The SMILES string of the molecule is c1ccc2c(NN3CCOCC3)nncc2c1. The third kappa shape index (κ3) is 2.20. The first kappa shape index (κ1) is 10.4. The quantitative estimate of drug-likeness (QED) is 0.842. The van der Waals surface area contributed by atoms with Crippen LogP contribution in [0.2, 0.25) is 0 Å². The van der Waals surface area contributed by atoms with Gasteiger partial charge in [-0.2, -0.15) is 5.10 Å². The lowest BCUT2D eigenvalue weighted by Crippen LogP contribution is -2.40. The van der Waals surface area contributed by atoms with Crippen molar-refractivity contribution in [3.05, 3.63) is 30.5 Å². The lowest BCUT2D eigenvalue weighted by atomic mass is 10.2. The zero-order valence-corrected chi connectivity index (χ0v) is 9.47. The van der Waals surface area contributed by atoms with E-state index in [2.05, 4.69) is 20.6 Å². The van der Waals surface area contributed by atoms with Crippen molar-refractivity contribution in [1.29, 1.82) is 0 Å². The summed E-state index contributed by atoms with van der Waals surface area (Å²) in [5.41, 5.74) is 3.30. The highest BCUT2D eigenvalue weighted by molar-refractivity contribution is 5.90. The summed E-state index contributed by atoms with van der Waals surface area (Å²) in [6, 6.07) is 8.10. The van der Waals surface area contributed by atoms with E-state index in [1.165, 1.54) is 0 Å². The molecule has 0 saturated carbocycles. The smallest absolute Gasteiger partial charge is 0.170 e. The Morgan fingerprint density at radius 1 is 1.18 bits per heavy atom. The van der Waals surface area contributed by atoms with Crippen LogP contribution in [0, 0.1) is 0 Å². The van der Waals surface area contributed by atoms with Gasteiger partial charge in [0, 0.05) is 23.9 Å². The minimum atomic E-state index is 0.755. The standard InChI is InChI=1S/C12H14N4O/c1-2-4-11-10(3-1)9-13-14-12(11)15-16-5-7-17-8-6-16/h1-4,9H,5-8H2,(H,14,15). The fraction of sp³-hybridized carbons (Fsp3) is 0.333. The number of hydrogen-bond acceptors (Lipinski definition) is 5. The Bertz CT molecular complexity index is 505. The molecule has 1 fully saturated rings. The van der Waals surface area contributed by atoms with Crippen LogP contribution >= 0.6 is 0 Å². The normalized spacial score (nSPS) is 17.2. The van der Waals surface area contributed by atoms with Crippen molar-refractivity contribution in [2.45, 2.75) is 0 Å². The Morgan fingerprint density at radius 2 is 2.00 bits per heavy atom. The van der Waals surface area contributed by atoms with E-state index in [0.717, 1.165) is 42.9 Å². The number of nitrogens with zero attached hydrogens (tertiary/aromatic N) is 3. The number of fused-ring (bicyclic) bond motifs is 1. The molecule has 2 heterocycles. The summed E-state index contributed by atoms with van der Waals surface area (Å²) in [7, 11) is 0. The predicted molar refractivity (Wildman–Crippen MR) is 65.6 cm³/mol. The van der Waals surface area contributed by atoms with Crippen molar-refractivity contribution in [3.63, 3.8) is 0 Å². The molecule has 1 N–H and O–H groups in total. The van der Waals surface area contributed by atoms with E-state index < -0.39 is 0 Å². The van der Waals surface area contributed by atoms with E-state index in [1.54, 1.807) is 6.20 Å². The fourth-order valence-corrected chi connectivity index (χ4v) is 1.94. The van der Waals surface area contributed by atoms with Crippen molar-refractivity contribution in [3.8, 4) is 0 Å². The average molecular weight is 230 g/mol. The van der Waals surface area contributed by atoms with Gasteiger partial charge in [-0.3, -0.25) is 0 Å². The van der Waals surface area contributed by atoms with Gasteiger partial charge in [0.1, 0.15) is 0 Å². The van der Waals surface area contributed by atoms with Gasteiger partial charge in [-0.25, -0.2) is 5.01 Å². The first-order valence-corrected chi connectivity index (χ1v) is 5.73. The summed E-state index contributed by atoms with van der Waals surface area (Å²) in [5.74, 6) is 0.810. The highest BCUT2D eigenvalue weighted by atomic mass is 16.5. The largest absolute Gasteiger partial charge is 0.379 e. The second-order valence-corrected chi connectivity index (χ2v) is 3.99. The van der Waals surface area contributed by atoms with E-state index in [0.29, 0.717) is 0 Å². The van der Waals surface area contributed by atoms with Crippen LogP contribution in [0.5, 0.6) is 0 Å². The summed E-state index contributed by atoms with van der Waals surface area (Å²) in [4.78, 5) is 0. The first-order valence-electron chi connectivity index (χ1n) is 5.73. The van der Waals surface area contributed by atoms with Gasteiger partial charge in [0.25, 0.3) is 0 Å². The lowest BCUT2D eigenvalue weighted by Gasteiger charge is -2.27. The van der Waals surface area contributed by atoms with Gasteiger partial charge in [0.05, 0.1) is 19.4 Å². The Kier molecular flexibility index (Phi) is 2.85. The highest BCUT2D eigenvalue weighted by Gasteiger charge is 2.12. The van der Waals surface area contributed by atoms with Crippen molar-refractivity contribution < 1.29 is 4.74 Å². The number of rotatable bonds is 2. The average Bonchev–Trinajstić information content (AvgIpc) is 2.40. The third-order valence-electron chi connectivity index (χ3n) is 2.85. The molecule has 2 aromatic rings. The van der Waals surface area contributed by atoms with Crippen LogP contribution in [0.25, 0.3) is 10.8 Å². The van der Waals surface area contributed by atoms with E-state index in [-0.39, 0.29) is 0 Å². The van der Waals surface area contributed by atoms with Gasteiger partial charge in [-0.1, -0.05) is 24.3 Å². The minimum absolute atomic E-state index is 0.755. The molecule has 0 spiro atoms. The number of nitrogens with one attached hydrogen (secondary N) is 1. The maximum Gasteiger partial charge on any atom is 0.170 e. The zero-order valence-electron chi connectivity index (χ0n) is 9.47. The molecule has 3 rings (SSSR count). The summed E-state index contributed by atoms with van der Waals surface area (Å²) >= 11 is 0. The van der Waals surface area contributed by atoms with Crippen molar-refractivity contribution in [2.24, 2.45) is 0 Å². The van der Waals surface area contributed by atoms with Gasteiger partial charge in [0.15, 0.2) is 5.82 Å². The van der Waals surface area contributed by atoms with Crippen LogP contribution in [-0.4, -0.2) is 41.5 Å². The van der Waals surface area contributed by atoms with E-state index >= 15 is 0 Å². The molecule has 5 heteroatoms. The van der Waals surface area contributed by atoms with Gasteiger partial charge < -0.3 is 10.2 Å². The molecule has 0 aliphatic carbocycles. The van der Waals surface area contributed by atoms with Crippen LogP contribution in [0.15, 0.2) is 30.5 Å². The third-order valence-corrected chi connectivity index (χ3v) is 2.85. The van der Waals surface area contributed by atoms with Gasteiger partial charge in [-0.15, -0.1) is 5.10 Å². The van der Waals surface area contributed by atoms with Crippen LogP contribution in [0.3, 0.4) is 0 Å². The number of hydrogen-bond donors (Lipinski definition) is 1. The number of anilines is 1. The maximum absolute atomic E-state index is 5.31. The Morgan fingerprint density at radius 3 is 2.88 bits per heavy atom. The molecule has 1 aliphatic heterocycles. The molecule has 1 aliphatic rings. The molecule has 0 amide bonds. The molecule has 1 aromatic heterocycles. The molecule has 0 radical (unpaired) electrons. The second kappa shape index (κ2) is 4.65. The summed E-state index contributed by atoms with van der Waals surface area (Å²) < 4.78 is 5.31. The molecule has 5 nitrogen and oxygen atoms in total. The van der Waals surface area contributed by atoms with E-state index in [9.17, 15) is 0 Å². The topological polar surface area (TPSA) is 50.3 Å². The molecule has 0 unspecified atom stereocenters. The fourth-order valence-electron chi connectivity index (χ4n) is 1.94. The van der Waals surface area contributed by atoms with Crippen LogP contribution < -0.4 is 5.43 Å². The lowest BCUT2D eigenvalue weighted by molar-refractivity contribution is 0.0495. The maximum atomic E-state index is 5.31. The summed E-state index contributed by atoms with van der Waals surface area (Å²) in [6.45, 7) is 3.24. The number of hydrazine groups is 1. The molecule has 0 bridgehead atoms. The summed E-state index contributed by atoms with van der Waals surface area (Å²) in [5, 5.41) is 12.5. The molecule has 88 valence electrons. The van der Waals surface area contributed by atoms with Crippen molar-refractivity contribution in [2.75, 3.05) is 31.7 Å². The number of aromatic nitrogens is 2. The molecule has 0 atom stereocenters. The minimum Gasteiger partial charge on any atom is -0.379 e. The van der Waals surface area contributed by atoms with Crippen molar-refractivity contribution in [1.82, 2.24) is 15.2 Å². The monoisotopic (exact) mass is 230 g/mol. The van der Waals surface area contributed by atoms with Gasteiger partial charge >= 0.3 is 0 Å². The molecule has 17 heavy (non-hydrogen) atoms. The van der Waals surface area contributed by atoms with Crippen LogP contribution in [0.1, 0.15) is 0 Å². The van der Waals surface area contributed by atoms with Crippen molar-refractivity contribution >= 4 is 16.6 Å². The van der Waals surface area contributed by atoms with E-state index in [4.69, 9.17) is 4.74 Å². The Labute approximate surface area is 99.4 Å².